The minimum atomic E-state index is -0.804. The fraction of sp³-hybridized carbons (Fsp3) is 0.857. The molecule has 0 saturated heterocycles. The van der Waals surface area contributed by atoms with Gasteiger partial charge in [0.2, 0.25) is 0 Å². The number of rotatable bonds is 11. The molecule has 0 unspecified atom stereocenters. The van der Waals surface area contributed by atoms with E-state index >= 15 is 0 Å². The Kier molecular flexibility index (Phi) is 7.75. The molecule has 0 fully saturated rings. The van der Waals surface area contributed by atoms with Crippen molar-refractivity contribution in [2.45, 2.75) is 64.5 Å². The third-order valence-corrected chi connectivity index (χ3v) is 3.26. The molecular weight excluding hydrogens is 260 g/mol. The average Bonchev–Trinajstić information content (AvgIpc) is 2.25. The summed E-state index contributed by atoms with van der Waals surface area (Å²) in [5, 5.41) is 23.8. The minimum absolute atomic E-state index is 0.112. The summed E-state index contributed by atoms with van der Waals surface area (Å²) < 4.78 is 0. The van der Waals surface area contributed by atoms with E-state index in [4.69, 9.17) is 10.2 Å². The van der Waals surface area contributed by atoms with E-state index in [2.05, 4.69) is 10.6 Å². The standard InChI is InChI=1S/C14H28N2O4/c1-13(2,7-5-11(17)18)16-10-8-14(3,4)15-9-6-12(19)20/h15-16H,5-10H2,1-4H3,(H,17,18)(H,19,20). The highest BCUT2D eigenvalue weighted by molar-refractivity contribution is 5.67. The Morgan fingerprint density at radius 3 is 1.75 bits per heavy atom. The fourth-order valence-corrected chi connectivity index (χ4v) is 1.82. The van der Waals surface area contributed by atoms with Crippen molar-refractivity contribution in [3.63, 3.8) is 0 Å². The van der Waals surface area contributed by atoms with E-state index in [1.165, 1.54) is 0 Å². The van der Waals surface area contributed by atoms with E-state index < -0.39 is 11.9 Å². The van der Waals surface area contributed by atoms with E-state index in [0.717, 1.165) is 13.0 Å². The maximum absolute atomic E-state index is 10.6. The monoisotopic (exact) mass is 288 g/mol. The van der Waals surface area contributed by atoms with Gasteiger partial charge in [-0.25, -0.2) is 0 Å². The lowest BCUT2D eigenvalue weighted by atomic mass is 9.96. The van der Waals surface area contributed by atoms with Crippen molar-refractivity contribution in [2.75, 3.05) is 13.1 Å². The average molecular weight is 288 g/mol. The lowest BCUT2D eigenvalue weighted by molar-refractivity contribution is -0.138. The van der Waals surface area contributed by atoms with Crippen LogP contribution in [-0.4, -0.2) is 46.3 Å². The van der Waals surface area contributed by atoms with Crippen LogP contribution in [0, 0.1) is 0 Å². The van der Waals surface area contributed by atoms with Gasteiger partial charge in [0.1, 0.15) is 0 Å². The second-order valence-electron chi connectivity index (χ2n) is 6.41. The molecule has 0 radical (unpaired) electrons. The first-order chi connectivity index (χ1) is 9.04. The molecule has 0 rings (SSSR count). The van der Waals surface area contributed by atoms with Gasteiger partial charge in [0.25, 0.3) is 0 Å². The summed E-state index contributed by atoms with van der Waals surface area (Å²) in [6.07, 6.45) is 1.68. The molecule has 0 atom stereocenters. The Balaban J connectivity index is 3.95. The van der Waals surface area contributed by atoms with Gasteiger partial charge in [-0.15, -0.1) is 0 Å². The molecule has 0 bridgehead atoms. The number of aliphatic carboxylic acids is 2. The zero-order chi connectivity index (χ0) is 15.8. The van der Waals surface area contributed by atoms with Gasteiger partial charge >= 0.3 is 11.9 Å². The van der Waals surface area contributed by atoms with Crippen LogP contribution in [0.25, 0.3) is 0 Å². The van der Waals surface area contributed by atoms with Crippen LogP contribution >= 0.6 is 0 Å². The Hall–Kier alpha value is -1.14. The molecule has 0 aromatic heterocycles. The van der Waals surface area contributed by atoms with Gasteiger partial charge < -0.3 is 20.8 Å². The first kappa shape index (κ1) is 18.9. The molecule has 0 aliphatic rings. The Morgan fingerprint density at radius 2 is 1.25 bits per heavy atom. The maximum atomic E-state index is 10.6. The Bertz CT molecular complexity index is 327. The zero-order valence-corrected chi connectivity index (χ0v) is 13.0. The largest absolute Gasteiger partial charge is 0.481 e. The third-order valence-electron chi connectivity index (χ3n) is 3.26. The highest BCUT2D eigenvalue weighted by Crippen LogP contribution is 2.13. The second-order valence-corrected chi connectivity index (χ2v) is 6.41. The van der Waals surface area contributed by atoms with E-state index in [1.807, 2.05) is 27.7 Å². The predicted octanol–water partition coefficient (Wildman–Crippen LogP) is 1.45. The van der Waals surface area contributed by atoms with E-state index in [9.17, 15) is 9.59 Å². The summed E-state index contributed by atoms with van der Waals surface area (Å²) in [6, 6.07) is 0. The lowest BCUT2D eigenvalue weighted by Gasteiger charge is -2.30. The van der Waals surface area contributed by atoms with E-state index in [-0.39, 0.29) is 23.9 Å². The molecule has 0 aliphatic heterocycles. The highest BCUT2D eigenvalue weighted by atomic mass is 16.4. The van der Waals surface area contributed by atoms with Crippen LogP contribution in [0.4, 0.5) is 0 Å². The van der Waals surface area contributed by atoms with Crippen molar-refractivity contribution in [1.29, 1.82) is 0 Å². The van der Waals surface area contributed by atoms with Gasteiger partial charge in [-0.1, -0.05) is 0 Å². The molecule has 0 aromatic carbocycles. The molecule has 0 heterocycles. The maximum Gasteiger partial charge on any atom is 0.304 e. The van der Waals surface area contributed by atoms with E-state index in [0.29, 0.717) is 13.0 Å². The molecular formula is C14H28N2O4. The van der Waals surface area contributed by atoms with Gasteiger partial charge in [-0.2, -0.15) is 0 Å². The first-order valence-corrected chi connectivity index (χ1v) is 6.98. The van der Waals surface area contributed by atoms with Crippen molar-refractivity contribution in [1.82, 2.24) is 10.6 Å². The summed E-state index contributed by atoms with van der Waals surface area (Å²) in [5.74, 6) is -1.59. The van der Waals surface area contributed by atoms with Crippen LogP contribution in [0.1, 0.15) is 53.4 Å². The number of carboxylic acid groups (broad SMARTS) is 2. The van der Waals surface area contributed by atoms with Gasteiger partial charge in [0, 0.05) is 24.0 Å². The molecule has 0 amide bonds. The van der Waals surface area contributed by atoms with Crippen LogP contribution in [0.15, 0.2) is 0 Å². The fourth-order valence-electron chi connectivity index (χ4n) is 1.82. The zero-order valence-electron chi connectivity index (χ0n) is 13.0. The van der Waals surface area contributed by atoms with Crippen molar-refractivity contribution < 1.29 is 19.8 Å². The first-order valence-electron chi connectivity index (χ1n) is 6.98. The van der Waals surface area contributed by atoms with Crippen LogP contribution in [0.2, 0.25) is 0 Å². The molecule has 0 spiro atoms. The molecule has 0 saturated carbocycles. The molecule has 20 heavy (non-hydrogen) atoms. The molecule has 6 nitrogen and oxygen atoms in total. The topological polar surface area (TPSA) is 98.7 Å². The highest BCUT2D eigenvalue weighted by Gasteiger charge is 2.21. The van der Waals surface area contributed by atoms with Crippen molar-refractivity contribution in [2.24, 2.45) is 0 Å². The van der Waals surface area contributed by atoms with Crippen molar-refractivity contribution in [3.05, 3.63) is 0 Å². The molecule has 0 aromatic rings. The Labute approximate surface area is 120 Å². The minimum Gasteiger partial charge on any atom is -0.481 e. The number of hydrogen-bond donors (Lipinski definition) is 4. The second kappa shape index (κ2) is 8.21. The van der Waals surface area contributed by atoms with Crippen molar-refractivity contribution >= 4 is 11.9 Å². The summed E-state index contributed by atoms with van der Waals surface area (Å²) >= 11 is 0. The molecule has 0 aliphatic carbocycles. The van der Waals surface area contributed by atoms with Crippen LogP contribution in [-0.2, 0) is 9.59 Å². The SMILES string of the molecule is CC(C)(CCNC(C)(C)CCC(=O)O)NCCC(=O)O. The van der Waals surface area contributed by atoms with Gasteiger partial charge in [0.15, 0.2) is 0 Å². The summed E-state index contributed by atoms with van der Waals surface area (Å²) in [5.41, 5.74) is -0.360. The van der Waals surface area contributed by atoms with E-state index in [1.54, 1.807) is 0 Å². The number of carboxylic acids is 2. The third kappa shape index (κ3) is 10.8. The van der Waals surface area contributed by atoms with Gasteiger partial charge in [-0.05, 0) is 47.1 Å². The lowest BCUT2D eigenvalue weighted by Crippen LogP contribution is -2.46. The quantitative estimate of drug-likeness (QED) is 0.459. The predicted molar refractivity (Wildman–Crippen MR) is 77.9 cm³/mol. The van der Waals surface area contributed by atoms with Crippen LogP contribution in [0.3, 0.4) is 0 Å². The number of carbonyl (C=O) groups is 2. The Morgan fingerprint density at radius 1 is 0.800 bits per heavy atom. The van der Waals surface area contributed by atoms with Gasteiger partial charge in [-0.3, -0.25) is 9.59 Å². The summed E-state index contributed by atoms with van der Waals surface area (Å²) in [7, 11) is 0. The van der Waals surface area contributed by atoms with Crippen molar-refractivity contribution in [3.8, 4) is 0 Å². The molecule has 118 valence electrons. The summed E-state index contributed by atoms with van der Waals surface area (Å²) in [4.78, 5) is 21.0. The molecule has 4 N–H and O–H groups in total. The van der Waals surface area contributed by atoms with Crippen LogP contribution < -0.4 is 10.6 Å². The smallest absolute Gasteiger partial charge is 0.304 e. The number of nitrogens with one attached hydrogen (secondary N) is 2. The van der Waals surface area contributed by atoms with Crippen LogP contribution in [0.5, 0.6) is 0 Å². The van der Waals surface area contributed by atoms with Gasteiger partial charge in [0.05, 0.1) is 6.42 Å². The summed E-state index contributed by atoms with van der Waals surface area (Å²) in [6.45, 7) is 9.23. The normalized spacial score (nSPS) is 12.4. The molecule has 6 heteroatoms. The number of hydrogen-bond acceptors (Lipinski definition) is 4.